The van der Waals surface area contributed by atoms with Crippen molar-refractivity contribution in [3.8, 4) is 0 Å². The molecule has 0 spiro atoms. The Bertz CT molecular complexity index is 739. The zero-order valence-electron chi connectivity index (χ0n) is 11.5. The van der Waals surface area contributed by atoms with Crippen LogP contribution in [0.5, 0.6) is 0 Å². The molecule has 1 saturated heterocycles. The van der Waals surface area contributed by atoms with Gasteiger partial charge in [-0.25, -0.2) is 9.78 Å². The largest absolute Gasteiger partial charge is 0.479 e. The van der Waals surface area contributed by atoms with Crippen molar-refractivity contribution in [3.63, 3.8) is 0 Å². The van der Waals surface area contributed by atoms with Crippen molar-refractivity contribution in [2.75, 3.05) is 19.7 Å². The van der Waals surface area contributed by atoms with Gasteiger partial charge in [-0.15, -0.1) is 11.3 Å². The van der Waals surface area contributed by atoms with Crippen molar-refractivity contribution in [2.45, 2.75) is 19.6 Å². The van der Waals surface area contributed by atoms with E-state index in [0.29, 0.717) is 36.9 Å². The van der Waals surface area contributed by atoms with Gasteiger partial charge in [-0.3, -0.25) is 14.1 Å². The number of rotatable bonds is 3. The Morgan fingerprint density at radius 2 is 2.43 bits per heavy atom. The molecule has 1 unspecified atom stereocenters. The number of aryl methyl sites for hydroxylation is 1. The van der Waals surface area contributed by atoms with E-state index in [0.717, 1.165) is 5.69 Å². The molecule has 1 aliphatic heterocycles. The van der Waals surface area contributed by atoms with Crippen LogP contribution in [0.2, 0.25) is 0 Å². The molecule has 3 rings (SSSR count). The van der Waals surface area contributed by atoms with Gasteiger partial charge >= 0.3 is 5.97 Å². The van der Waals surface area contributed by atoms with Gasteiger partial charge in [-0.1, -0.05) is 0 Å². The van der Waals surface area contributed by atoms with Gasteiger partial charge in [0.25, 0.3) is 5.56 Å². The highest BCUT2D eigenvalue weighted by Gasteiger charge is 2.26. The summed E-state index contributed by atoms with van der Waals surface area (Å²) in [6.07, 6.45) is -0.812. The molecule has 3 heterocycles. The van der Waals surface area contributed by atoms with Gasteiger partial charge in [0.05, 0.1) is 12.3 Å². The van der Waals surface area contributed by atoms with E-state index < -0.39 is 12.1 Å². The van der Waals surface area contributed by atoms with Crippen LogP contribution < -0.4 is 5.56 Å². The van der Waals surface area contributed by atoms with Crippen molar-refractivity contribution in [1.29, 1.82) is 0 Å². The summed E-state index contributed by atoms with van der Waals surface area (Å²) in [5.74, 6) is -0.961. The van der Waals surface area contributed by atoms with Gasteiger partial charge in [0, 0.05) is 36.8 Å². The molecule has 0 aromatic carbocycles. The number of carbonyl (C=O) groups is 1. The Labute approximate surface area is 124 Å². The smallest absolute Gasteiger partial charge is 0.334 e. The molecule has 0 aliphatic carbocycles. The van der Waals surface area contributed by atoms with E-state index in [4.69, 9.17) is 9.84 Å². The fourth-order valence-corrected chi connectivity index (χ4v) is 3.30. The summed E-state index contributed by atoms with van der Waals surface area (Å²) in [6, 6.07) is 1.51. The molecule has 1 atom stereocenters. The zero-order valence-corrected chi connectivity index (χ0v) is 12.3. The highest BCUT2D eigenvalue weighted by molar-refractivity contribution is 7.15. The Kier molecular flexibility index (Phi) is 3.75. The molecule has 0 radical (unpaired) electrons. The van der Waals surface area contributed by atoms with Crippen molar-refractivity contribution in [3.05, 3.63) is 33.2 Å². The van der Waals surface area contributed by atoms with Crippen molar-refractivity contribution >= 4 is 22.3 Å². The quantitative estimate of drug-likeness (QED) is 0.881. The minimum Gasteiger partial charge on any atom is -0.479 e. The van der Waals surface area contributed by atoms with E-state index in [1.165, 1.54) is 17.4 Å². The summed E-state index contributed by atoms with van der Waals surface area (Å²) >= 11 is 1.42. The summed E-state index contributed by atoms with van der Waals surface area (Å²) in [4.78, 5) is 30.1. The first-order chi connectivity index (χ1) is 10.0. The molecule has 8 heteroatoms. The molecule has 1 fully saturated rings. The van der Waals surface area contributed by atoms with Crippen molar-refractivity contribution in [2.24, 2.45) is 0 Å². The van der Waals surface area contributed by atoms with Gasteiger partial charge in [0.1, 0.15) is 0 Å². The summed E-state index contributed by atoms with van der Waals surface area (Å²) < 4.78 is 6.76. The number of carboxylic acids is 1. The van der Waals surface area contributed by atoms with E-state index in [-0.39, 0.29) is 5.56 Å². The summed E-state index contributed by atoms with van der Waals surface area (Å²) in [5.41, 5.74) is 1.43. The van der Waals surface area contributed by atoms with E-state index in [1.54, 1.807) is 4.40 Å². The number of hydrogen-bond acceptors (Lipinski definition) is 6. The third-order valence-corrected chi connectivity index (χ3v) is 4.38. The van der Waals surface area contributed by atoms with E-state index in [2.05, 4.69) is 4.98 Å². The zero-order chi connectivity index (χ0) is 15.0. The summed E-state index contributed by atoms with van der Waals surface area (Å²) in [5, 5.41) is 10.9. The predicted octanol–water partition coefficient (Wildman–Crippen LogP) is 0.350. The van der Waals surface area contributed by atoms with Gasteiger partial charge in [-0.2, -0.15) is 0 Å². The number of carboxylic acid groups (broad SMARTS) is 1. The highest BCUT2D eigenvalue weighted by atomic mass is 32.1. The average Bonchev–Trinajstić information content (AvgIpc) is 2.81. The number of aliphatic carboxylic acids is 1. The molecule has 0 bridgehead atoms. The van der Waals surface area contributed by atoms with Crippen molar-refractivity contribution in [1.82, 2.24) is 14.3 Å². The lowest BCUT2D eigenvalue weighted by molar-refractivity contribution is -0.156. The second-order valence-corrected chi connectivity index (χ2v) is 5.85. The molecule has 21 heavy (non-hydrogen) atoms. The van der Waals surface area contributed by atoms with Crippen LogP contribution in [0.1, 0.15) is 11.4 Å². The third-order valence-electron chi connectivity index (χ3n) is 3.44. The fourth-order valence-electron chi connectivity index (χ4n) is 2.41. The Hall–Kier alpha value is -1.77. The lowest BCUT2D eigenvalue weighted by Gasteiger charge is -2.30. The molecule has 0 saturated carbocycles. The molecule has 112 valence electrons. The van der Waals surface area contributed by atoms with Gasteiger partial charge in [-0.05, 0) is 6.92 Å². The van der Waals surface area contributed by atoms with Crippen LogP contribution in [0, 0.1) is 6.92 Å². The maximum atomic E-state index is 12.1. The van der Waals surface area contributed by atoms with Gasteiger partial charge in [0.2, 0.25) is 0 Å². The molecule has 2 aromatic rings. The molecule has 2 aromatic heterocycles. The van der Waals surface area contributed by atoms with Crippen LogP contribution in [-0.2, 0) is 16.1 Å². The number of fused-ring (bicyclic) bond motifs is 1. The van der Waals surface area contributed by atoms with Crippen LogP contribution in [0.25, 0.3) is 4.96 Å². The number of thiazole rings is 1. The van der Waals surface area contributed by atoms with Gasteiger partial charge in [0.15, 0.2) is 11.1 Å². The van der Waals surface area contributed by atoms with E-state index in [1.807, 2.05) is 17.2 Å². The predicted molar refractivity (Wildman–Crippen MR) is 76.7 cm³/mol. The van der Waals surface area contributed by atoms with Crippen LogP contribution in [0.15, 0.2) is 16.2 Å². The van der Waals surface area contributed by atoms with Crippen LogP contribution in [-0.4, -0.2) is 51.2 Å². The van der Waals surface area contributed by atoms with Crippen LogP contribution in [0.4, 0.5) is 0 Å². The molecular formula is C13H15N3O4S. The monoisotopic (exact) mass is 309 g/mol. The first-order valence-corrected chi connectivity index (χ1v) is 7.46. The Morgan fingerprint density at radius 1 is 1.62 bits per heavy atom. The third kappa shape index (κ3) is 2.82. The number of aromatic nitrogens is 2. The van der Waals surface area contributed by atoms with Crippen LogP contribution in [0.3, 0.4) is 0 Å². The minimum atomic E-state index is -0.961. The first kappa shape index (κ1) is 14.2. The number of hydrogen-bond donors (Lipinski definition) is 1. The van der Waals surface area contributed by atoms with Gasteiger partial charge < -0.3 is 9.84 Å². The number of morpholine rings is 1. The Balaban J connectivity index is 1.82. The minimum absolute atomic E-state index is 0.100. The lowest BCUT2D eigenvalue weighted by atomic mass is 10.2. The normalized spacial score (nSPS) is 20.0. The molecule has 1 aliphatic rings. The van der Waals surface area contributed by atoms with Crippen LogP contribution >= 0.6 is 11.3 Å². The summed E-state index contributed by atoms with van der Waals surface area (Å²) in [6.45, 7) is 3.63. The average molecular weight is 309 g/mol. The Morgan fingerprint density at radius 3 is 3.19 bits per heavy atom. The highest BCUT2D eigenvalue weighted by Crippen LogP contribution is 2.13. The lowest BCUT2D eigenvalue weighted by Crippen LogP contribution is -2.45. The summed E-state index contributed by atoms with van der Waals surface area (Å²) in [7, 11) is 0. The maximum absolute atomic E-state index is 12.1. The molecule has 7 nitrogen and oxygen atoms in total. The SMILES string of the molecule is Cc1csc2nc(CN3CCOC(C(=O)O)C3)cc(=O)n12. The standard InChI is InChI=1S/C13H15N3O4S/c1-8-7-21-13-14-9(4-11(17)16(8)13)5-15-2-3-20-10(6-15)12(18)19/h4,7,10H,2-3,5-6H2,1H3,(H,18,19). The number of ether oxygens (including phenoxy) is 1. The second kappa shape index (κ2) is 5.55. The van der Waals surface area contributed by atoms with Crippen molar-refractivity contribution < 1.29 is 14.6 Å². The molecule has 1 N–H and O–H groups in total. The first-order valence-electron chi connectivity index (χ1n) is 6.58. The molecule has 0 amide bonds. The number of nitrogens with zero attached hydrogens (tertiary/aromatic N) is 3. The fraction of sp³-hybridized carbons (Fsp3) is 0.462. The maximum Gasteiger partial charge on any atom is 0.334 e. The second-order valence-electron chi connectivity index (χ2n) is 5.01. The molecular weight excluding hydrogens is 294 g/mol. The topological polar surface area (TPSA) is 84.1 Å². The van der Waals surface area contributed by atoms with E-state index >= 15 is 0 Å². The van der Waals surface area contributed by atoms with E-state index in [9.17, 15) is 9.59 Å².